The largest absolute Gasteiger partial charge is 0.399 e. The second-order valence-corrected chi connectivity index (χ2v) is 4.17. The number of nitrogens with one attached hydrogen (secondary N) is 1. The number of carbonyl (C=O) groups is 2. The summed E-state index contributed by atoms with van der Waals surface area (Å²) < 4.78 is 13.6. The van der Waals surface area contributed by atoms with E-state index in [0.29, 0.717) is 19.5 Å². The average molecular weight is 251 g/mol. The van der Waals surface area contributed by atoms with Gasteiger partial charge < -0.3 is 16.0 Å². The second kappa shape index (κ2) is 5.03. The standard InChI is InChI=1S/C12H14FN3O2/c13-10-6-8(14)2-3-9(10)12(18)16-5-1-4-15-11(17)7-16/h2-3,6H,1,4-5,7,14H2,(H,15,17). The number of nitrogen functional groups attached to an aromatic ring is 1. The van der Waals surface area contributed by atoms with E-state index in [2.05, 4.69) is 5.32 Å². The zero-order chi connectivity index (χ0) is 13.1. The molecule has 0 bridgehead atoms. The lowest BCUT2D eigenvalue weighted by atomic mass is 10.1. The molecule has 0 saturated carbocycles. The molecule has 1 fully saturated rings. The first-order valence-corrected chi connectivity index (χ1v) is 5.69. The van der Waals surface area contributed by atoms with Crippen molar-refractivity contribution < 1.29 is 14.0 Å². The molecule has 0 aliphatic carbocycles. The van der Waals surface area contributed by atoms with Gasteiger partial charge in [-0.1, -0.05) is 0 Å². The highest BCUT2D eigenvalue weighted by Crippen LogP contribution is 2.14. The normalized spacial score (nSPS) is 16.1. The minimum Gasteiger partial charge on any atom is -0.399 e. The van der Waals surface area contributed by atoms with Crippen LogP contribution in [-0.4, -0.2) is 36.3 Å². The summed E-state index contributed by atoms with van der Waals surface area (Å²) in [6.45, 7) is 0.927. The number of nitrogens with zero attached hydrogens (tertiary/aromatic N) is 1. The Labute approximate surface area is 104 Å². The number of rotatable bonds is 1. The smallest absolute Gasteiger partial charge is 0.257 e. The Kier molecular flexibility index (Phi) is 3.45. The fourth-order valence-electron chi connectivity index (χ4n) is 1.85. The fraction of sp³-hybridized carbons (Fsp3) is 0.333. The number of amides is 2. The van der Waals surface area contributed by atoms with Crippen molar-refractivity contribution in [1.82, 2.24) is 10.2 Å². The minimum atomic E-state index is -0.662. The molecule has 6 heteroatoms. The molecule has 0 radical (unpaired) electrons. The van der Waals surface area contributed by atoms with Gasteiger partial charge in [-0.25, -0.2) is 4.39 Å². The Balaban J connectivity index is 2.21. The van der Waals surface area contributed by atoms with E-state index in [1.165, 1.54) is 17.0 Å². The summed E-state index contributed by atoms with van der Waals surface area (Å²) in [7, 11) is 0. The van der Waals surface area contributed by atoms with E-state index in [0.717, 1.165) is 6.07 Å². The van der Waals surface area contributed by atoms with Crippen LogP contribution in [0.25, 0.3) is 0 Å². The van der Waals surface area contributed by atoms with Gasteiger partial charge in [-0.15, -0.1) is 0 Å². The lowest BCUT2D eigenvalue weighted by Gasteiger charge is -2.19. The van der Waals surface area contributed by atoms with Crippen molar-refractivity contribution >= 4 is 17.5 Å². The van der Waals surface area contributed by atoms with Crippen LogP contribution >= 0.6 is 0 Å². The van der Waals surface area contributed by atoms with Crippen LogP contribution in [0.4, 0.5) is 10.1 Å². The predicted molar refractivity (Wildman–Crippen MR) is 64.3 cm³/mol. The van der Waals surface area contributed by atoms with Gasteiger partial charge in [-0.2, -0.15) is 0 Å². The first-order valence-electron chi connectivity index (χ1n) is 5.69. The van der Waals surface area contributed by atoms with Crippen LogP contribution < -0.4 is 11.1 Å². The fourth-order valence-corrected chi connectivity index (χ4v) is 1.85. The number of halogens is 1. The maximum atomic E-state index is 13.6. The molecule has 1 aromatic rings. The zero-order valence-corrected chi connectivity index (χ0v) is 9.78. The van der Waals surface area contributed by atoms with Gasteiger partial charge in [0.1, 0.15) is 5.82 Å². The van der Waals surface area contributed by atoms with Crippen molar-refractivity contribution in [3.8, 4) is 0 Å². The Bertz CT molecular complexity index is 490. The van der Waals surface area contributed by atoms with Crippen LogP contribution in [0.2, 0.25) is 0 Å². The molecule has 5 nitrogen and oxygen atoms in total. The molecular formula is C12H14FN3O2. The van der Waals surface area contributed by atoms with Crippen LogP contribution in [0.3, 0.4) is 0 Å². The van der Waals surface area contributed by atoms with Gasteiger partial charge in [0, 0.05) is 18.8 Å². The molecule has 1 aromatic carbocycles. The van der Waals surface area contributed by atoms with Gasteiger partial charge in [-0.3, -0.25) is 9.59 Å². The third kappa shape index (κ3) is 2.58. The Morgan fingerprint density at radius 3 is 2.94 bits per heavy atom. The number of anilines is 1. The second-order valence-electron chi connectivity index (χ2n) is 4.17. The number of benzene rings is 1. The summed E-state index contributed by atoms with van der Waals surface area (Å²) in [4.78, 5) is 24.8. The maximum absolute atomic E-state index is 13.6. The summed E-state index contributed by atoms with van der Waals surface area (Å²) in [5, 5.41) is 2.66. The topological polar surface area (TPSA) is 75.4 Å². The summed E-state index contributed by atoms with van der Waals surface area (Å²) in [6.07, 6.45) is 0.661. The molecule has 0 aromatic heterocycles. The van der Waals surface area contributed by atoms with E-state index in [1.807, 2.05) is 0 Å². The molecule has 1 saturated heterocycles. The molecule has 0 atom stereocenters. The highest BCUT2D eigenvalue weighted by molar-refractivity contribution is 5.97. The molecule has 18 heavy (non-hydrogen) atoms. The highest BCUT2D eigenvalue weighted by atomic mass is 19.1. The SMILES string of the molecule is Nc1ccc(C(=O)N2CCCNC(=O)C2)c(F)c1. The first kappa shape index (κ1) is 12.3. The number of nitrogens with two attached hydrogens (primary N) is 1. The number of carbonyl (C=O) groups excluding carboxylic acids is 2. The highest BCUT2D eigenvalue weighted by Gasteiger charge is 2.23. The van der Waals surface area contributed by atoms with Crippen LogP contribution in [0.5, 0.6) is 0 Å². The average Bonchev–Trinajstić information content (AvgIpc) is 2.53. The molecular weight excluding hydrogens is 237 g/mol. The third-order valence-corrected chi connectivity index (χ3v) is 2.77. The number of hydrogen-bond donors (Lipinski definition) is 2. The molecule has 96 valence electrons. The van der Waals surface area contributed by atoms with Gasteiger partial charge in [-0.05, 0) is 24.6 Å². The molecule has 1 heterocycles. The quantitative estimate of drug-likeness (QED) is 0.708. The molecule has 2 rings (SSSR count). The van der Waals surface area contributed by atoms with Crippen LogP contribution in [0.15, 0.2) is 18.2 Å². The maximum Gasteiger partial charge on any atom is 0.257 e. The molecule has 3 N–H and O–H groups in total. The lowest BCUT2D eigenvalue weighted by Crippen LogP contribution is -2.37. The lowest BCUT2D eigenvalue weighted by molar-refractivity contribution is -0.121. The van der Waals surface area contributed by atoms with Crippen molar-refractivity contribution in [2.24, 2.45) is 0 Å². The van der Waals surface area contributed by atoms with E-state index in [1.54, 1.807) is 0 Å². The first-order chi connectivity index (χ1) is 8.58. The molecule has 1 aliphatic heterocycles. The van der Waals surface area contributed by atoms with Gasteiger partial charge in [0.2, 0.25) is 5.91 Å². The van der Waals surface area contributed by atoms with E-state index in [4.69, 9.17) is 5.73 Å². The summed E-state index contributed by atoms with van der Waals surface area (Å²) >= 11 is 0. The monoisotopic (exact) mass is 251 g/mol. The van der Waals surface area contributed by atoms with Crippen molar-refractivity contribution in [3.63, 3.8) is 0 Å². The zero-order valence-electron chi connectivity index (χ0n) is 9.78. The summed E-state index contributed by atoms with van der Waals surface area (Å²) in [6, 6.07) is 3.91. The Morgan fingerprint density at radius 2 is 2.22 bits per heavy atom. The van der Waals surface area contributed by atoms with Crippen LogP contribution in [0, 0.1) is 5.82 Å². The molecule has 2 amide bonds. The Hall–Kier alpha value is -2.11. The van der Waals surface area contributed by atoms with Crippen molar-refractivity contribution in [3.05, 3.63) is 29.6 Å². The van der Waals surface area contributed by atoms with Gasteiger partial charge in [0.15, 0.2) is 0 Å². The number of hydrogen-bond acceptors (Lipinski definition) is 3. The van der Waals surface area contributed by atoms with Gasteiger partial charge in [0.05, 0.1) is 12.1 Å². The van der Waals surface area contributed by atoms with Gasteiger partial charge in [0.25, 0.3) is 5.91 Å². The Morgan fingerprint density at radius 1 is 1.44 bits per heavy atom. The summed E-state index contributed by atoms with van der Waals surface area (Å²) in [5.41, 5.74) is 5.63. The summed E-state index contributed by atoms with van der Waals surface area (Å²) in [5.74, 6) is -1.37. The molecule has 0 spiro atoms. The van der Waals surface area contributed by atoms with E-state index >= 15 is 0 Å². The van der Waals surface area contributed by atoms with E-state index in [9.17, 15) is 14.0 Å². The van der Waals surface area contributed by atoms with Crippen LogP contribution in [0.1, 0.15) is 16.8 Å². The third-order valence-electron chi connectivity index (χ3n) is 2.77. The van der Waals surface area contributed by atoms with E-state index < -0.39 is 11.7 Å². The minimum absolute atomic E-state index is 0.0390. The van der Waals surface area contributed by atoms with Gasteiger partial charge >= 0.3 is 0 Å². The molecule has 0 unspecified atom stereocenters. The van der Waals surface area contributed by atoms with Crippen molar-refractivity contribution in [2.45, 2.75) is 6.42 Å². The molecule has 1 aliphatic rings. The van der Waals surface area contributed by atoms with Crippen LogP contribution in [-0.2, 0) is 4.79 Å². The van der Waals surface area contributed by atoms with Crippen molar-refractivity contribution in [1.29, 1.82) is 0 Å². The predicted octanol–water partition coefficient (Wildman–Crippen LogP) is 0.370. The van der Waals surface area contributed by atoms with Crippen molar-refractivity contribution in [2.75, 3.05) is 25.4 Å². The van der Waals surface area contributed by atoms with E-state index in [-0.39, 0.29) is 23.7 Å².